The molecule has 0 aliphatic carbocycles. The van der Waals surface area contributed by atoms with Crippen LogP contribution >= 0.6 is 11.8 Å². The number of hydrogen-bond donors (Lipinski definition) is 0. The highest BCUT2D eigenvalue weighted by Crippen LogP contribution is 2.23. The molecule has 0 saturated carbocycles. The summed E-state index contributed by atoms with van der Waals surface area (Å²) < 4.78 is 5.21. The second-order valence-electron chi connectivity index (χ2n) is 5.64. The molecule has 0 radical (unpaired) electrons. The zero-order chi connectivity index (χ0) is 15.9. The van der Waals surface area contributed by atoms with Gasteiger partial charge in [0.05, 0.1) is 0 Å². The third kappa shape index (κ3) is 5.23. The first-order chi connectivity index (χ1) is 10.5. The van der Waals surface area contributed by atoms with Gasteiger partial charge in [0.2, 0.25) is 0 Å². The molecule has 2 nitrogen and oxygen atoms in total. The van der Waals surface area contributed by atoms with E-state index in [4.69, 9.17) is 4.42 Å². The lowest BCUT2D eigenvalue weighted by Gasteiger charge is -2.02. The van der Waals surface area contributed by atoms with Crippen LogP contribution < -0.4 is 5.63 Å². The molecular weight excluding hydrogens is 292 g/mol. The van der Waals surface area contributed by atoms with Crippen LogP contribution in [0.3, 0.4) is 0 Å². The van der Waals surface area contributed by atoms with E-state index in [-0.39, 0.29) is 5.63 Å². The highest BCUT2D eigenvalue weighted by Gasteiger charge is 2.00. The van der Waals surface area contributed by atoms with Gasteiger partial charge in [-0.25, -0.2) is 4.79 Å². The molecule has 1 aromatic carbocycles. The van der Waals surface area contributed by atoms with Crippen molar-refractivity contribution in [2.24, 2.45) is 0 Å². The number of fused-ring (bicyclic) bond motifs is 1. The molecule has 0 fully saturated rings. The molecule has 0 amide bonds. The van der Waals surface area contributed by atoms with Gasteiger partial charge in [0.15, 0.2) is 0 Å². The van der Waals surface area contributed by atoms with Crippen molar-refractivity contribution in [1.82, 2.24) is 0 Å². The first-order valence-electron chi connectivity index (χ1n) is 7.50. The molecule has 0 aliphatic rings. The van der Waals surface area contributed by atoms with Crippen LogP contribution in [0.2, 0.25) is 0 Å². The average molecular weight is 314 g/mol. The summed E-state index contributed by atoms with van der Waals surface area (Å²) in [7, 11) is 0. The number of thioether (sulfide) groups is 1. The lowest BCUT2D eigenvalue weighted by atomic mass is 10.1. The van der Waals surface area contributed by atoms with Crippen LogP contribution in [-0.2, 0) is 0 Å². The molecule has 0 aliphatic heterocycles. The Morgan fingerprint density at radius 3 is 2.68 bits per heavy atom. The molecule has 3 heteroatoms. The van der Waals surface area contributed by atoms with Crippen molar-refractivity contribution in [2.45, 2.75) is 38.5 Å². The lowest BCUT2D eigenvalue weighted by molar-refractivity contribution is 0.560. The Morgan fingerprint density at radius 2 is 1.91 bits per heavy atom. The third-order valence-corrected chi connectivity index (χ3v) is 4.29. The van der Waals surface area contributed by atoms with E-state index in [9.17, 15) is 4.79 Å². The molecule has 116 valence electrons. The molecular formula is C19H22O2S. The Balaban J connectivity index is 1.94. The summed E-state index contributed by atoms with van der Waals surface area (Å²) in [5, 5.41) is 0.956. The normalized spacial score (nSPS) is 11.7. The molecule has 0 unspecified atom stereocenters. The van der Waals surface area contributed by atoms with Crippen molar-refractivity contribution in [3.05, 3.63) is 64.1 Å². The zero-order valence-electron chi connectivity index (χ0n) is 13.4. The minimum Gasteiger partial charge on any atom is -0.423 e. The topological polar surface area (TPSA) is 30.2 Å². The van der Waals surface area contributed by atoms with E-state index in [1.807, 2.05) is 12.1 Å². The predicted molar refractivity (Wildman–Crippen MR) is 95.6 cm³/mol. The van der Waals surface area contributed by atoms with Crippen LogP contribution in [0, 0.1) is 0 Å². The Hall–Kier alpha value is -1.74. The first kappa shape index (κ1) is 16.6. The Morgan fingerprint density at radius 1 is 1.14 bits per heavy atom. The van der Waals surface area contributed by atoms with Crippen molar-refractivity contribution < 1.29 is 4.42 Å². The maximum absolute atomic E-state index is 11.3. The minimum absolute atomic E-state index is 0.301. The molecule has 2 rings (SSSR count). The van der Waals surface area contributed by atoms with Gasteiger partial charge in [-0.2, -0.15) is 0 Å². The average Bonchev–Trinajstić information content (AvgIpc) is 2.46. The summed E-state index contributed by atoms with van der Waals surface area (Å²) in [4.78, 5) is 12.4. The number of allylic oxidation sites excluding steroid dienone is 3. The van der Waals surface area contributed by atoms with Gasteiger partial charge < -0.3 is 4.42 Å². The van der Waals surface area contributed by atoms with Gasteiger partial charge in [0.25, 0.3) is 0 Å². The lowest BCUT2D eigenvalue weighted by Crippen LogP contribution is -1.94. The molecule has 2 aromatic rings. The standard InChI is InChI=1S/C19H22O2S/c1-14(2)5-4-6-15(3)11-12-22-17-9-7-16-8-10-19(20)21-18(16)13-17/h5,7-11,13H,4,6,12H2,1-3H3/b15-11+. The summed E-state index contributed by atoms with van der Waals surface area (Å²) in [5.74, 6) is 0.934. The summed E-state index contributed by atoms with van der Waals surface area (Å²) >= 11 is 1.76. The Bertz CT molecular complexity index is 749. The van der Waals surface area contributed by atoms with E-state index in [1.54, 1.807) is 17.8 Å². The molecule has 22 heavy (non-hydrogen) atoms. The molecule has 1 heterocycles. The van der Waals surface area contributed by atoms with Crippen molar-refractivity contribution in [2.75, 3.05) is 5.75 Å². The summed E-state index contributed by atoms with van der Waals surface area (Å²) in [5.41, 5.74) is 3.14. The van der Waals surface area contributed by atoms with E-state index < -0.39 is 0 Å². The van der Waals surface area contributed by atoms with Crippen LogP contribution in [0.15, 0.2) is 67.7 Å². The van der Waals surface area contributed by atoms with Crippen molar-refractivity contribution in [3.63, 3.8) is 0 Å². The predicted octanol–water partition coefficient (Wildman–Crippen LogP) is 5.58. The molecule has 0 N–H and O–H groups in total. The fraction of sp³-hybridized carbons (Fsp3) is 0.316. The van der Waals surface area contributed by atoms with Crippen molar-refractivity contribution in [1.29, 1.82) is 0 Å². The fourth-order valence-corrected chi connectivity index (χ4v) is 3.02. The summed E-state index contributed by atoms with van der Waals surface area (Å²) in [6.07, 6.45) is 6.76. The summed E-state index contributed by atoms with van der Waals surface area (Å²) in [6, 6.07) is 9.25. The maximum Gasteiger partial charge on any atom is 0.336 e. The van der Waals surface area contributed by atoms with Gasteiger partial charge in [0.1, 0.15) is 5.58 Å². The van der Waals surface area contributed by atoms with Gasteiger partial charge in [-0.15, -0.1) is 11.8 Å². The van der Waals surface area contributed by atoms with Crippen LogP contribution in [0.1, 0.15) is 33.6 Å². The monoisotopic (exact) mass is 314 g/mol. The van der Waals surface area contributed by atoms with Gasteiger partial charge >= 0.3 is 5.63 Å². The smallest absolute Gasteiger partial charge is 0.336 e. The molecule has 0 bridgehead atoms. The molecule has 0 atom stereocenters. The largest absolute Gasteiger partial charge is 0.423 e. The summed E-state index contributed by atoms with van der Waals surface area (Å²) in [6.45, 7) is 6.44. The van der Waals surface area contributed by atoms with Gasteiger partial charge in [-0.3, -0.25) is 0 Å². The number of benzene rings is 1. The van der Waals surface area contributed by atoms with E-state index in [0.29, 0.717) is 5.58 Å². The SMILES string of the molecule is CC(C)=CCC/C(C)=C/CSc1ccc2ccc(=O)oc2c1. The van der Waals surface area contributed by atoms with E-state index in [1.165, 1.54) is 17.2 Å². The number of hydrogen-bond acceptors (Lipinski definition) is 3. The minimum atomic E-state index is -0.301. The molecule has 0 spiro atoms. The van der Waals surface area contributed by atoms with Crippen molar-refractivity contribution >= 4 is 22.7 Å². The third-order valence-electron chi connectivity index (χ3n) is 3.37. The molecule has 1 aromatic heterocycles. The van der Waals surface area contributed by atoms with Crippen molar-refractivity contribution in [3.8, 4) is 0 Å². The second kappa shape index (κ2) is 8.04. The van der Waals surface area contributed by atoms with Gasteiger partial charge in [0, 0.05) is 22.1 Å². The molecule has 0 saturated heterocycles. The fourth-order valence-electron chi connectivity index (χ4n) is 2.10. The second-order valence-corrected chi connectivity index (χ2v) is 6.73. The Kier molecular flexibility index (Phi) is 6.08. The van der Waals surface area contributed by atoms with Gasteiger partial charge in [-0.05, 0) is 51.8 Å². The van der Waals surface area contributed by atoms with E-state index in [0.717, 1.165) is 28.9 Å². The van der Waals surface area contributed by atoms with E-state index in [2.05, 4.69) is 39.0 Å². The van der Waals surface area contributed by atoms with Crippen LogP contribution in [0.4, 0.5) is 0 Å². The highest BCUT2D eigenvalue weighted by molar-refractivity contribution is 7.99. The number of rotatable bonds is 6. The Labute approximate surface area is 135 Å². The van der Waals surface area contributed by atoms with Gasteiger partial charge in [-0.1, -0.05) is 29.4 Å². The van der Waals surface area contributed by atoms with Crippen LogP contribution in [0.5, 0.6) is 0 Å². The van der Waals surface area contributed by atoms with E-state index >= 15 is 0 Å². The van der Waals surface area contributed by atoms with Crippen LogP contribution in [0.25, 0.3) is 11.0 Å². The maximum atomic E-state index is 11.3. The first-order valence-corrected chi connectivity index (χ1v) is 8.49. The van der Waals surface area contributed by atoms with Crippen LogP contribution in [-0.4, -0.2) is 5.75 Å². The quantitative estimate of drug-likeness (QED) is 0.396. The highest BCUT2D eigenvalue weighted by atomic mass is 32.2. The zero-order valence-corrected chi connectivity index (χ0v) is 14.2.